The zero-order valence-corrected chi connectivity index (χ0v) is 19.9. The number of benzene rings is 2. The molecule has 170 valence electrons. The normalized spacial score (nSPS) is 11.5. The second kappa shape index (κ2) is 8.80. The van der Waals surface area contributed by atoms with Crippen LogP contribution in [0, 0.1) is 13.8 Å². The van der Waals surface area contributed by atoms with E-state index in [1.165, 1.54) is 16.2 Å². The maximum Gasteiger partial charge on any atom is 0.268 e. The van der Waals surface area contributed by atoms with Crippen LogP contribution in [0.2, 0.25) is 0 Å². The zero-order chi connectivity index (χ0) is 23.8. The third kappa shape index (κ3) is 4.81. The minimum atomic E-state index is -3.76. The molecule has 2 N–H and O–H groups in total. The number of H-pyrrole nitrogens is 1. The van der Waals surface area contributed by atoms with Crippen molar-refractivity contribution in [2.24, 2.45) is 0 Å². The molecule has 33 heavy (non-hydrogen) atoms. The van der Waals surface area contributed by atoms with E-state index in [-0.39, 0.29) is 22.9 Å². The Bertz CT molecular complexity index is 1510. The van der Waals surface area contributed by atoms with E-state index in [4.69, 9.17) is 0 Å². The van der Waals surface area contributed by atoms with Crippen LogP contribution >= 0.6 is 11.3 Å². The van der Waals surface area contributed by atoms with E-state index in [2.05, 4.69) is 14.7 Å². The van der Waals surface area contributed by atoms with E-state index in [1.807, 2.05) is 13.0 Å². The number of hydrogen-bond donors (Lipinski definition) is 2. The van der Waals surface area contributed by atoms with E-state index >= 15 is 0 Å². The van der Waals surface area contributed by atoms with Gasteiger partial charge >= 0.3 is 0 Å². The van der Waals surface area contributed by atoms with E-state index < -0.39 is 10.0 Å². The molecule has 0 atom stereocenters. The lowest BCUT2D eigenvalue weighted by atomic mass is 10.2. The van der Waals surface area contributed by atoms with Crippen LogP contribution in [0.25, 0.3) is 10.2 Å². The number of aromatic amines is 1. The largest absolute Gasteiger partial charge is 0.334 e. The smallest absolute Gasteiger partial charge is 0.268 e. The van der Waals surface area contributed by atoms with Gasteiger partial charge in [-0.2, -0.15) is 0 Å². The maximum atomic E-state index is 12.8. The molecule has 4 rings (SSSR count). The van der Waals surface area contributed by atoms with Gasteiger partial charge in [0.05, 0.1) is 17.0 Å². The summed E-state index contributed by atoms with van der Waals surface area (Å²) < 4.78 is 28.7. The Balaban J connectivity index is 1.48. The number of aryl methyl sites for hydroxylation is 2. The lowest BCUT2D eigenvalue weighted by Crippen LogP contribution is -2.28. The number of thiophene rings is 1. The van der Waals surface area contributed by atoms with Gasteiger partial charge in [-0.25, -0.2) is 13.4 Å². The van der Waals surface area contributed by atoms with Gasteiger partial charge in [0.1, 0.15) is 10.5 Å². The minimum Gasteiger partial charge on any atom is -0.334 e. The Morgan fingerprint density at radius 2 is 1.85 bits per heavy atom. The Kier molecular flexibility index (Phi) is 6.05. The van der Waals surface area contributed by atoms with E-state index in [1.54, 1.807) is 61.8 Å². The van der Waals surface area contributed by atoms with Crippen LogP contribution in [-0.4, -0.2) is 36.2 Å². The number of amides is 1. The van der Waals surface area contributed by atoms with E-state index in [0.717, 1.165) is 5.56 Å². The summed E-state index contributed by atoms with van der Waals surface area (Å²) in [6.07, 6.45) is 0. The molecular weight excluding hydrogens is 460 g/mol. The summed E-state index contributed by atoms with van der Waals surface area (Å²) >= 11 is 1.31. The Morgan fingerprint density at radius 3 is 2.58 bits per heavy atom. The lowest BCUT2D eigenvalue weighted by molar-refractivity contribution is 0.0781. The van der Waals surface area contributed by atoms with Gasteiger partial charge < -0.3 is 9.88 Å². The van der Waals surface area contributed by atoms with Gasteiger partial charge in [0.15, 0.2) is 0 Å². The van der Waals surface area contributed by atoms with Crippen LogP contribution in [0.3, 0.4) is 0 Å². The fourth-order valence-corrected chi connectivity index (χ4v) is 5.52. The molecular formula is C23H22N4O4S2. The molecule has 4 aromatic rings. The van der Waals surface area contributed by atoms with Crippen molar-refractivity contribution in [2.75, 3.05) is 11.8 Å². The van der Waals surface area contributed by atoms with Gasteiger partial charge in [-0.3, -0.25) is 14.3 Å². The van der Waals surface area contributed by atoms with E-state index in [0.29, 0.717) is 32.9 Å². The topological polar surface area (TPSA) is 112 Å². The number of sulfonamides is 1. The first kappa shape index (κ1) is 22.7. The van der Waals surface area contributed by atoms with Crippen LogP contribution < -0.4 is 10.3 Å². The molecule has 8 nitrogen and oxygen atoms in total. The number of anilines is 1. The Morgan fingerprint density at radius 1 is 1.12 bits per heavy atom. The number of carbonyl (C=O) groups excluding carboxylic acids is 1. The van der Waals surface area contributed by atoms with Crippen molar-refractivity contribution in [2.45, 2.75) is 25.3 Å². The van der Waals surface area contributed by atoms with Gasteiger partial charge in [0.25, 0.3) is 21.5 Å². The zero-order valence-electron chi connectivity index (χ0n) is 18.2. The van der Waals surface area contributed by atoms with Gasteiger partial charge in [-0.1, -0.05) is 12.1 Å². The molecule has 0 aliphatic carbocycles. The number of aromatic nitrogens is 2. The van der Waals surface area contributed by atoms with Crippen molar-refractivity contribution in [1.29, 1.82) is 0 Å². The number of nitrogens with one attached hydrogen (secondary N) is 2. The van der Waals surface area contributed by atoms with Crippen molar-refractivity contribution in [1.82, 2.24) is 14.9 Å². The second-order valence-corrected chi connectivity index (χ2v) is 10.3. The lowest BCUT2D eigenvalue weighted by Gasteiger charge is -2.17. The van der Waals surface area contributed by atoms with Gasteiger partial charge in [-0.15, -0.1) is 11.3 Å². The molecule has 0 spiro atoms. The minimum absolute atomic E-state index is 0.126. The highest BCUT2D eigenvalue weighted by molar-refractivity contribution is 7.92. The SMILES string of the molecule is Cc1ccc(C)c(S(=O)(=O)Nc2ccc(C(=O)N(C)Cc3nc4ccsc4c(=O)[nH]3)cc2)c1. The molecule has 2 aromatic carbocycles. The monoisotopic (exact) mass is 482 g/mol. The molecule has 0 fully saturated rings. The first-order chi connectivity index (χ1) is 15.6. The first-order valence-electron chi connectivity index (χ1n) is 10.1. The highest BCUT2D eigenvalue weighted by atomic mass is 32.2. The highest BCUT2D eigenvalue weighted by Gasteiger charge is 2.18. The summed E-state index contributed by atoms with van der Waals surface area (Å²) in [4.78, 5) is 33.7. The van der Waals surface area contributed by atoms with Gasteiger partial charge in [0, 0.05) is 18.3 Å². The molecule has 0 aliphatic heterocycles. The first-order valence-corrected chi connectivity index (χ1v) is 12.4. The summed E-state index contributed by atoms with van der Waals surface area (Å²) in [6.45, 7) is 3.70. The number of hydrogen-bond acceptors (Lipinski definition) is 6. The summed E-state index contributed by atoms with van der Waals surface area (Å²) in [5, 5.41) is 1.79. The molecule has 0 saturated carbocycles. The van der Waals surface area contributed by atoms with Crippen LogP contribution in [0.5, 0.6) is 0 Å². The van der Waals surface area contributed by atoms with Crippen LogP contribution in [0.15, 0.2) is 63.6 Å². The van der Waals surface area contributed by atoms with Crippen LogP contribution in [-0.2, 0) is 16.6 Å². The number of rotatable bonds is 6. The Hall–Kier alpha value is -3.50. The molecule has 0 saturated heterocycles. The van der Waals surface area contributed by atoms with Crippen LogP contribution in [0.1, 0.15) is 27.3 Å². The summed E-state index contributed by atoms with van der Waals surface area (Å²) in [7, 11) is -2.15. The maximum absolute atomic E-state index is 12.8. The third-order valence-corrected chi connectivity index (χ3v) is 7.54. The van der Waals surface area contributed by atoms with Crippen molar-refractivity contribution < 1.29 is 13.2 Å². The predicted molar refractivity (Wildman–Crippen MR) is 129 cm³/mol. The summed E-state index contributed by atoms with van der Waals surface area (Å²) in [5.74, 6) is 0.103. The van der Waals surface area contributed by atoms with Crippen molar-refractivity contribution in [3.05, 3.63) is 86.8 Å². The number of carbonyl (C=O) groups is 1. The van der Waals surface area contributed by atoms with Gasteiger partial charge in [0.2, 0.25) is 0 Å². The standard InChI is InChI=1S/C23H22N4O4S2/c1-14-4-5-15(2)19(12-14)33(30,31)26-17-8-6-16(7-9-17)23(29)27(3)13-20-24-18-10-11-32-21(18)22(28)25-20/h4-12,26H,13H2,1-3H3,(H,24,25,28). The average molecular weight is 483 g/mol. The number of fused-ring (bicyclic) bond motifs is 1. The molecule has 1 amide bonds. The van der Waals surface area contributed by atoms with Gasteiger partial charge in [-0.05, 0) is 66.8 Å². The molecule has 0 bridgehead atoms. The summed E-state index contributed by atoms with van der Waals surface area (Å²) in [5.41, 5.74) is 2.59. The van der Waals surface area contributed by atoms with Crippen LogP contribution in [0.4, 0.5) is 5.69 Å². The fourth-order valence-electron chi connectivity index (χ4n) is 3.40. The van der Waals surface area contributed by atoms with Crippen molar-refractivity contribution >= 4 is 43.2 Å². The third-order valence-electron chi connectivity index (χ3n) is 5.11. The number of nitrogens with zero attached hydrogens (tertiary/aromatic N) is 2. The highest BCUT2D eigenvalue weighted by Crippen LogP contribution is 2.21. The molecule has 10 heteroatoms. The van der Waals surface area contributed by atoms with Crippen molar-refractivity contribution in [3.63, 3.8) is 0 Å². The Labute approximate surface area is 195 Å². The van der Waals surface area contributed by atoms with Crippen molar-refractivity contribution in [3.8, 4) is 0 Å². The average Bonchev–Trinajstić information content (AvgIpc) is 3.24. The molecule has 2 heterocycles. The summed E-state index contributed by atoms with van der Waals surface area (Å²) in [6, 6.07) is 13.2. The van der Waals surface area contributed by atoms with E-state index in [9.17, 15) is 18.0 Å². The quantitative estimate of drug-likeness (QED) is 0.435. The molecule has 0 unspecified atom stereocenters. The predicted octanol–water partition coefficient (Wildman–Crippen LogP) is 3.67. The molecule has 0 radical (unpaired) electrons. The molecule has 0 aliphatic rings. The fraction of sp³-hybridized carbons (Fsp3) is 0.174. The molecule has 2 aromatic heterocycles. The second-order valence-electron chi connectivity index (χ2n) is 7.76.